The quantitative estimate of drug-likeness (QED) is 0.719. The van der Waals surface area contributed by atoms with Gasteiger partial charge >= 0.3 is 5.97 Å². The average molecular weight is 213 g/mol. The average Bonchev–Trinajstić information content (AvgIpc) is 2.74. The maximum absolute atomic E-state index is 10.6. The molecule has 86 valence electrons. The number of hydrogen-bond donors (Lipinski definition) is 2. The lowest BCUT2D eigenvalue weighted by atomic mass is 9.84. The molecule has 4 nitrogen and oxygen atoms in total. The number of carboxylic acids is 1. The predicted molar refractivity (Wildman–Crippen MR) is 55.6 cm³/mol. The van der Waals surface area contributed by atoms with Gasteiger partial charge < -0.3 is 10.2 Å². The molecule has 1 heterocycles. The van der Waals surface area contributed by atoms with Crippen molar-refractivity contribution in [3.8, 4) is 0 Å². The highest BCUT2D eigenvalue weighted by Crippen LogP contribution is 2.47. The zero-order valence-corrected chi connectivity index (χ0v) is 8.98. The van der Waals surface area contributed by atoms with Gasteiger partial charge in [0.2, 0.25) is 0 Å². The molecule has 1 spiro atoms. The molecule has 1 aliphatic heterocycles. The van der Waals surface area contributed by atoms with Crippen LogP contribution in [0.1, 0.15) is 25.7 Å². The van der Waals surface area contributed by atoms with Crippen molar-refractivity contribution in [3.63, 3.8) is 0 Å². The first-order chi connectivity index (χ1) is 7.13. The van der Waals surface area contributed by atoms with Crippen molar-refractivity contribution in [2.45, 2.75) is 25.7 Å². The van der Waals surface area contributed by atoms with E-state index in [4.69, 9.17) is 10.2 Å². The summed E-state index contributed by atoms with van der Waals surface area (Å²) in [4.78, 5) is 12.6. The summed E-state index contributed by atoms with van der Waals surface area (Å²) in [7, 11) is 0. The van der Waals surface area contributed by atoms with Crippen molar-refractivity contribution in [1.82, 2.24) is 4.90 Å². The van der Waals surface area contributed by atoms with Gasteiger partial charge in [0.25, 0.3) is 0 Å². The van der Waals surface area contributed by atoms with Gasteiger partial charge in [-0.2, -0.15) is 0 Å². The predicted octanol–water partition coefficient (Wildman–Crippen LogP) is 0.555. The molecule has 1 saturated carbocycles. The second-order valence-corrected chi connectivity index (χ2v) is 5.15. The molecule has 0 unspecified atom stereocenters. The van der Waals surface area contributed by atoms with Crippen LogP contribution in [0.15, 0.2) is 0 Å². The fourth-order valence-electron chi connectivity index (χ4n) is 3.21. The number of nitrogens with zero attached hydrogens (tertiary/aromatic N) is 1. The van der Waals surface area contributed by atoms with Crippen LogP contribution in [0.2, 0.25) is 0 Å². The molecule has 0 amide bonds. The fourth-order valence-corrected chi connectivity index (χ4v) is 3.21. The minimum atomic E-state index is -0.733. The Morgan fingerprint density at radius 2 is 2.27 bits per heavy atom. The summed E-state index contributed by atoms with van der Waals surface area (Å²) >= 11 is 0. The maximum atomic E-state index is 10.6. The van der Waals surface area contributed by atoms with Gasteiger partial charge in [-0.1, -0.05) is 0 Å². The number of carbonyl (C=O) groups is 1. The topological polar surface area (TPSA) is 60.8 Å². The summed E-state index contributed by atoms with van der Waals surface area (Å²) in [5.74, 6) is -0.279. The number of aliphatic hydroxyl groups excluding tert-OH is 1. The SMILES string of the molecule is O=C(O)CN1CC[C@]2(CC[C@H](CO)C2)C1. The van der Waals surface area contributed by atoms with Crippen molar-refractivity contribution in [3.05, 3.63) is 0 Å². The van der Waals surface area contributed by atoms with Crippen LogP contribution in [0.5, 0.6) is 0 Å². The van der Waals surface area contributed by atoms with Gasteiger partial charge in [-0.3, -0.25) is 9.69 Å². The van der Waals surface area contributed by atoms with E-state index >= 15 is 0 Å². The molecule has 2 rings (SSSR count). The van der Waals surface area contributed by atoms with E-state index in [2.05, 4.69) is 0 Å². The standard InChI is InChI=1S/C11H19NO3/c13-7-9-1-2-11(5-9)3-4-12(8-11)6-10(14)15/h9,13H,1-8H2,(H,14,15)/t9-,11-/m0/s1. The monoisotopic (exact) mass is 213 g/mol. The molecule has 2 fully saturated rings. The number of aliphatic hydroxyl groups is 1. The lowest BCUT2D eigenvalue weighted by Crippen LogP contribution is -2.30. The lowest BCUT2D eigenvalue weighted by Gasteiger charge is -2.23. The first kappa shape index (κ1) is 10.9. The number of likely N-dealkylation sites (tertiary alicyclic amines) is 1. The van der Waals surface area contributed by atoms with Gasteiger partial charge in [0.1, 0.15) is 0 Å². The minimum Gasteiger partial charge on any atom is -0.480 e. The van der Waals surface area contributed by atoms with Crippen LogP contribution in [-0.4, -0.2) is 47.3 Å². The highest BCUT2D eigenvalue weighted by Gasteiger charge is 2.43. The highest BCUT2D eigenvalue weighted by molar-refractivity contribution is 5.69. The van der Waals surface area contributed by atoms with Crippen LogP contribution in [0, 0.1) is 11.3 Å². The van der Waals surface area contributed by atoms with E-state index in [-0.39, 0.29) is 6.54 Å². The molecular weight excluding hydrogens is 194 g/mol. The molecule has 2 atom stereocenters. The summed E-state index contributed by atoms with van der Waals surface area (Å²) in [6.45, 7) is 2.28. The van der Waals surface area contributed by atoms with Gasteiger partial charge in [0.05, 0.1) is 6.54 Å². The Balaban J connectivity index is 1.89. The summed E-state index contributed by atoms with van der Waals surface area (Å²) in [6, 6.07) is 0. The third kappa shape index (κ3) is 2.32. The van der Waals surface area contributed by atoms with Crippen molar-refractivity contribution < 1.29 is 15.0 Å². The van der Waals surface area contributed by atoms with Crippen LogP contribution in [0.3, 0.4) is 0 Å². The van der Waals surface area contributed by atoms with E-state index in [0.29, 0.717) is 17.9 Å². The van der Waals surface area contributed by atoms with E-state index in [1.54, 1.807) is 0 Å². The molecule has 15 heavy (non-hydrogen) atoms. The number of carboxylic acid groups (broad SMARTS) is 1. The third-order valence-electron chi connectivity index (χ3n) is 3.94. The summed E-state index contributed by atoms with van der Waals surface area (Å²) in [6.07, 6.45) is 4.46. The Kier molecular flexibility index (Phi) is 2.98. The van der Waals surface area contributed by atoms with Crippen LogP contribution in [0.4, 0.5) is 0 Å². The summed E-state index contributed by atoms with van der Waals surface area (Å²) in [5.41, 5.74) is 0.322. The van der Waals surface area contributed by atoms with E-state index in [0.717, 1.165) is 38.8 Å². The second kappa shape index (κ2) is 4.10. The molecule has 1 aliphatic carbocycles. The Hall–Kier alpha value is -0.610. The first-order valence-corrected chi connectivity index (χ1v) is 5.69. The van der Waals surface area contributed by atoms with Gasteiger partial charge in [-0.25, -0.2) is 0 Å². The minimum absolute atomic E-state index is 0.172. The van der Waals surface area contributed by atoms with Crippen molar-refractivity contribution in [2.24, 2.45) is 11.3 Å². The third-order valence-corrected chi connectivity index (χ3v) is 3.94. The van der Waals surface area contributed by atoms with Gasteiger partial charge in [-0.15, -0.1) is 0 Å². The zero-order chi connectivity index (χ0) is 10.9. The molecule has 0 aromatic rings. The lowest BCUT2D eigenvalue weighted by molar-refractivity contribution is -0.138. The van der Waals surface area contributed by atoms with Crippen LogP contribution in [-0.2, 0) is 4.79 Å². The van der Waals surface area contributed by atoms with Crippen LogP contribution < -0.4 is 0 Å². The van der Waals surface area contributed by atoms with E-state index in [1.165, 1.54) is 0 Å². The number of aliphatic carboxylic acids is 1. The maximum Gasteiger partial charge on any atom is 0.317 e. The summed E-state index contributed by atoms with van der Waals surface area (Å²) < 4.78 is 0. The Labute approximate surface area is 89.9 Å². The van der Waals surface area contributed by atoms with E-state index in [9.17, 15) is 4.79 Å². The second-order valence-electron chi connectivity index (χ2n) is 5.15. The molecule has 0 radical (unpaired) electrons. The zero-order valence-electron chi connectivity index (χ0n) is 8.98. The molecule has 0 aromatic carbocycles. The van der Waals surface area contributed by atoms with E-state index < -0.39 is 5.97 Å². The Bertz CT molecular complexity index is 256. The highest BCUT2D eigenvalue weighted by atomic mass is 16.4. The number of rotatable bonds is 3. The molecule has 4 heteroatoms. The van der Waals surface area contributed by atoms with Crippen molar-refractivity contribution in [1.29, 1.82) is 0 Å². The molecule has 2 N–H and O–H groups in total. The first-order valence-electron chi connectivity index (χ1n) is 5.69. The normalized spacial score (nSPS) is 36.5. The van der Waals surface area contributed by atoms with Gasteiger partial charge in [0.15, 0.2) is 0 Å². The molecular formula is C11H19NO3. The molecule has 0 aromatic heterocycles. The van der Waals surface area contributed by atoms with Crippen molar-refractivity contribution >= 4 is 5.97 Å². The smallest absolute Gasteiger partial charge is 0.317 e. The van der Waals surface area contributed by atoms with Gasteiger partial charge in [-0.05, 0) is 43.6 Å². The van der Waals surface area contributed by atoms with Crippen LogP contribution in [0.25, 0.3) is 0 Å². The largest absolute Gasteiger partial charge is 0.480 e. The molecule has 0 bridgehead atoms. The van der Waals surface area contributed by atoms with E-state index in [1.807, 2.05) is 4.90 Å². The Morgan fingerprint density at radius 3 is 2.87 bits per heavy atom. The van der Waals surface area contributed by atoms with Crippen LogP contribution >= 0.6 is 0 Å². The summed E-state index contributed by atoms with van der Waals surface area (Å²) in [5, 5.41) is 17.8. The molecule has 2 aliphatic rings. The van der Waals surface area contributed by atoms with Crippen molar-refractivity contribution in [2.75, 3.05) is 26.2 Å². The van der Waals surface area contributed by atoms with Gasteiger partial charge in [0, 0.05) is 13.2 Å². The Morgan fingerprint density at radius 1 is 1.47 bits per heavy atom. The number of hydrogen-bond acceptors (Lipinski definition) is 3. The molecule has 1 saturated heterocycles. The fraction of sp³-hybridized carbons (Fsp3) is 0.909.